The van der Waals surface area contributed by atoms with Crippen molar-refractivity contribution in [3.63, 3.8) is 0 Å². The maximum atomic E-state index is 11.3. The van der Waals surface area contributed by atoms with Crippen LogP contribution in [-0.4, -0.2) is 37.0 Å². The van der Waals surface area contributed by atoms with Gasteiger partial charge in [0.25, 0.3) is 0 Å². The molecule has 1 heterocycles. The number of rotatable bonds is 3. The number of carbonyl (C=O) groups is 1. The van der Waals surface area contributed by atoms with Gasteiger partial charge in [0.15, 0.2) is 6.10 Å². The van der Waals surface area contributed by atoms with Crippen LogP contribution in [0.5, 0.6) is 0 Å². The minimum absolute atomic E-state index is 0.0827. The molecule has 0 aromatic heterocycles. The highest BCUT2D eigenvalue weighted by molar-refractivity contribution is 5.75. The van der Waals surface area contributed by atoms with Gasteiger partial charge in [0.2, 0.25) is 0 Å². The van der Waals surface area contributed by atoms with Gasteiger partial charge in [0, 0.05) is 12.0 Å². The number of ether oxygens (including phenoxy) is 2. The van der Waals surface area contributed by atoms with E-state index in [2.05, 4.69) is 4.74 Å². The fourth-order valence-corrected chi connectivity index (χ4v) is 2.33. The number of hydrogen-bond donors (Lipinski definition) is 1. The number of esters is 1. The molecular weight excluding hydrogens is 196 g/mol. The molecule has 15 heavy (non-hydrogen) atoms. The van der Waals surface area contributed by atoms with Gasteiger partial charge in [-0.3, -0.25) is 0 Å². The predicted octanol–water partition coefficient (Wildman–Crippen LogP) is 0.971. The Hall–Kier alpha value is -0.610. The van der Waals surface area contributed by atoms with Crippen molar-refractivity contribution in [2.45, 2.75) is 39.4 Å². The maximum Gasteiger partial charge on any atom is 0.335 e. The molecule has 0 saturated carbocycles. The van der Waals surface area contributed by atoms with Crippen molar-refractivity contribution in [3.05, 3.63) is 0 Å². The summed E-state index contributed by atoms with van der Waals surface area (Å²) in [6.07, 6.45) is -0.127. The van der Waals surface area contributed by atoms with E-state index in [1.165, 1.54) is 7.11 Å². The molecule has 0 aromatic carbocycles. The quantitative estimate of drug-likeness (QED) is 0.714. The third-order valence-electron chi connectivity index (χ3n) is 3.46. The zero-order chi connectivity index (χ0) is 11.6. The lowest BCUT2D eigenvalue weighted by Gasteiger charge is -2.36. The highest BCUT2D eigenvalue weighted by atomic mass is 16.5. The van der Waals surface area contributed by atoms with E-state index in [4.69, 9.17) is 4.74 Å². The van der Waals surface area contributed by atoms with Crippen molar-refractivity contribution in [1.29, 1.82) is 0 Å². The van der Waals surface area contributed by atoms with Gasteiger partial charge in [0.05, 0.1) is 13.2 Å². The molecule has 4 heteroatoms. The van der Waals surface area contributed by atoms with E-state index in [1.807, 2.05) is 20.8 Å². The summed E-state index contributed by atoms with van der Waals surface area (Å²) in [4.78, 5) is 11.3. The van der Waals surface area contributed by atoms with Gasteiger partial charge in [-0.15, -0.1) is 0 Å². The zero-order valence-corrected chi connectivity index (χ0v) is 9.82. The zero-order valence-electron chi connectivity index (χ0n) is 9.82. The summed E-state index contributed by atoms with van der Waals surface area (Å²) in [5.74, 6) is -0.384. The number of hydrogen-bond acceptors (Lipinski definition) is 4. The van der Waals surface area contributed by atoms with Gasteiger partial charge in [-0.2, -0.15) is 0 Å². The second kappa shape index (κ2) is 4.49. The summed E-state index contributed by atoms with van der Waals surface area (Å²) in [5.41, 5.74) is -0.511. The van der Waals surface area contributed by atoms with E-state index in [0.717, 1.165) is 6.42 Å². The molecule has 1 saturated heterocycles. The smallest absolute Gasteiger partial charge is 0.335 e. The molecular formula is C11H20O4. The largest absolute Gasteiger partial charge is 0.467 e. The molecule has 0 spiro atoms. The third-order valence-corrected chi connectivity index (χ3v) is 3.46. The average molecular weight is 216 g/mol. The summed E-state index contributed by atoms with van der Waals surface area (Å²) >= 11 is 0. The van der Waals surface area contributed by atoms with Crippen molar-refractivity contribution < 1.29 is 19.4 Å². The molecule has 0 bridgehead atoms. The van der Waals surface area contributed by atoms with Crippen LogP contribution < -0.4 is 0 Å². The molecule has 4 nitrogen and oxygen atoms in total. The molecule has 0 aromatic rings. The minimum atomic E-state index is -1.09. The van der Waals surface area contributed by atoms with Crippen LogP contribution in [0, 0.1) is 11.3 Å². The van der Waals surface area contributed by atoms with Gasteiger partial charge < -0.3 is 14.6 Å². The van der Waals surface area contributed by atoms with E-state index in [9.17, 15) is 9.90 Å². The Morgan fingerprint density at radius 1 is 1.60 bits per heavy atom. The van der Waals surface area contributed by atoms with Gasteiger partial charge in [-0.05, 0) is 19.3 Å². The van der Waals surface area contributed by atoms with E-state index < -0.39 is 17.5 Å². The number of methoxy groups -OCH3 is 1. The highest BCUT2D eigenvalue weighted by Crippen LogP contribution is 2.40. The van der Waals surface area contributed by atoms with Crippen LogP contribution in [0.4, 0.5) is 0 Å². The van der Waals surface area contributed by atoms with Crippen molar-refractivity contribution in [3.8, 4) is 0 Å². The molecule has 1 aliphatic heterocycles. The van der Waals surface area contributed by atoms with Gasteiger partial charge in [-0.1, -0.05) is 13.8 Å². The Labute approximate surface area is 90.6 Å². The first-order valence-electron chi connectivity index (χ1n) is 5.28. The Morgan fingerprint density at radius 3 is 2.60 bits per heavy atom. The molecule has 1 N–H and O–H groups in total. The lowest BCUT2D eigenvalue weighted by Crippen LogP contribution is -2.44. The van der Waals surface area contributed by atoms with Crippen molar-refractivity contribution in [2.24, 2.45) is 11.3 Å². The molecule has 3 unspecified atom stereocenters. The van der Waals surface area contributed by atoms with E-state index in [-0.39, 0.29) is 12.0 Å². The summed E-state index contributed by atoms with van der Waals surface area (Å²) in [7, 11) is 1.29. The monoisotopic (exact) mass is 216 g/mol. The third kappa shape index (κ3) is 2.32. The summed E-state index contributed by atoms with van der Waals surface area (Å²) in [5, 5.41) is 9.89. The van der Waals surface area contributed by atoms with E-state index >= 15 is 0 Å². The first-order chi connectivity index (χ1) is 6.91. The van der Waals surface area contributed by atoms with Gasteiger partial charge >= 0.3 is 5.97 Å². The normalized spacial score (nSPS) is 28.9. The first kappa shape index (κ1) is 12.5. The number of aliphatic hydroxyl groups excluding tert-OH is 1. The van der Waals surface area contributed by atoms with Crippen molar-refractivity contribution in [1.82, 2.24) is 0 Å². The lowest BCUT2D eigenvalue weighted by molar-refractivity contribution is -0.160. The standard InChI is InChI=1S/C11H20O4/c1-7-8(5-6-15-7)11(2,3)9(12)10(13)14-4/h7-9,12H,5-6H2,1-4H3. The first-order valence-corrected chi connectivity index (χ1v) is 5.28. The topological polar surface area (TPSA) is 55.8 Å². The Morgan fingerprint density at radius 2 is 2.20 bits per heavy atom. The molecule has 0 radical (unpaired) electrons. The summed E-state index contributed by atoms with van der Waals surface area (Å²) in [6.45, 7) is 6.43. The van der Waals surface area contributed by atoms with Crippen molar-refractivity contribution >= 4 is 5.97 Å². The van der Waals surface area contributed by atoms with E-state index in [1.54, 1.807) is 0 Å². The van der Waals surface area contributed by atoms with Crippen LogP contribution in [0.2, 0.25) is 0 Å². The molecule has 88 valence electrons. The van der Waals surface area contributed by atoms with Crippen LogP contribution >= 0.6 is 0 Å². The molecule has 0 aliphatic carbocycles. The maximum absolute atomic E-state index is 11.3. The molecule has 1 aliphatic rings. The summed E-state index contributed by atoms with van der Waals surface area (Å²) in [6, 6.07) is 0. The Bertz CT molecular complexity index is 237. The predicted molar refractivity (Wildman–Crippen MR) is 55.3 cm³/mol. The van der Waals surface area contributed by atoms with E-state index in [0.29, 0.717) is 6.61 Å². The van der Waals surface area contributed by atoms with Gasteiger partial charge in [-0.25, -0.2) is 4.79 Å². The fourth-order valence-electron chi connectivity index (χ4n) is 2.33. The Kier molecular flexibility index (Phi) is 3.73. The van der Waals surface area contributed by atoms with Crippen LogP contribution in [0.1, 0.15) is 27.2 Å². The van der Waals surface area contributed by atoms with Gasteiger partial charge in [0.1, 0.15) is 0 Å². The number of carbonyl (C=O) groups excluding carboxylic acids is 1. The molecule has 1 fully saturated rings. The molecule has 1 rings (SSSR count). The van der Waals surface area contributed by atoms with Crippen LogP contribution in [-0.2, 0) is 14.3 Å². The van der Waals surface area contributed by atoms with Crippen molar-refractivity contribution in [2.75, 3.05) is 13.7 Å². The second-order valence-electron chi connectivity index (χ2n) is 4.72. The molecule has 0 amide bonds. The van der Waals surface area contributed by atoms with Crippen LogP contribution in [0.15, 0.2) is 0 Å². The summed E-state index contributed by atoms with van der Waals surface area (Å²) < 4.78 is 10.0. The molecule has 3 atom stereocenters. The minimum Gasteiger partial charge on any atom is -0.467 e. The average Bonchev–Trinajstić information content (AvgIpc) is 2.62. The van der Waals surface area contributed by atoms with Crippen LogP contribution in [0.25, 0.3) is 0 Å². The second-order valence-corrected chi connectivity index (χ2v) is 4.72. The van der Waals surface area contributed by atoms with Crippen LogP contribution in [0.3, 0.4) is 0 Å². The lowest BCUT2D eigenvalue weighted by atomic mass is 9.71. The highest BCUT2D eigenvalue weighted by Gasteiger charge is 2.45. The Balaban J connectivity index is 2.76. The SMILES string of the molecule is COC(=O)C(O)C(C)(C)C1CCOC1C. The fraction of sp³-hybridized carbons (Fsp3) is 0.909. The number of aliphatic hydroxyl groups is 1.